The van der Waals surface area contributed by atoms with Gasteiger partial charge >= 0.3 is 11.7 Å². The van der Waals surface area contributed by atoms with Crippen LogP contribution < -0.4 is 16.6 Å². The number of nitrogens with one attached hydrogen (secondary N) is 1. The van der Waals surface area contributed by atoms with E-state index in [9.17, 15) is 14.4 Å². The minimum absolute atomic E-state index is 0.353. The molecule has 7 heteroatoms. The second kappa shape index (κ2) is 6.33. The lowest BCUT2D eigenvalue weighted by molar-refractivity contribution is -0.136. The molecule has 1 aromatic carbocycles. The molecule has 2 aromatic rings. The summed E-state index contributed by atoms with van der Waals surface area (Å²) in [5.74, 6) is -0.734. The Hall–Kier alpha value is -3.09. The molecule has 0 amide bonds. The molecule has 7 nitrogen and oxygen atoms in total. The lowest BCUT2D eigenvalue weighted by Crippen LogP contribution is -2.43. The van der Waals surface area contributed by atoms with Gasteiger partial charge < -0.3 is 10.1 Å². The Bertz CT molecular complexity index is 1060. The number of aryl methyl sites for hydroxylation is 1. The summed E-state index contributed by atoms with van der Waals surface area (Å²) in [5, 5.41) is 3.05. The SMILES string of the molecule is COC(=O)C1=C(C)Nc2c(c(=O)n(C)c(=O)n2C)C1c1cccc(C)c1. The quantitative estimate of drug-likeness (QED) is 0.824. The molecule has 3 rings (SSSR count). The Morgan fingerprint density at radius 3 is 2.46 bits per heavy atom. The number of hydrogen-bond acceptors (Lipinski definition) is 5. The number of nitrogens with zero attached hydrogens (tertiary/aromatic N) is 2. The van der Waals surface area contributed by atoms with Gasteiger partial charge in [0.2, 0.25) is 0 Å². The van der Waals surface area contributed by atoms with Crippen molar-refractivity contribution in [2.75, 3.05) is 12.4 Å². The number of ether oxygens (including phenoxy) is 1. The highest BCUT2D eigenvalue weighted by Crippen LogP contribution is 2.39. The monoisotopic (exact) mass is 355 g/mol. The smallest absolute Gasteiger partial charge is 0.336 e. The van der Waals surface area contributed by atoms with E-state index in [1.165, 1.54) is 18.7 Å². The first-order valence-electron chi connectivity index (χ1n) is 8.20. The molecule has 0 saturated carbocycles. The maximum Gasteiger partial charge on any atom is 0.336 e. The molecule has 1 aliphatic rings. The van der Waals surface area contributed by atoms with E-state index >= 15 is 0 Å². The number of fused-ring (bicyclic) bond motifs is 1. The maximum absolute atomic E-state index is 13.0. The standard InChI is InChI=1S/C19H21N3O4/c1-10-7-6-8-12(9-10)14-13(18(24)26-5)11(2)20-16-15(14)17(23)22(4)19(25)21(16)3/h6-9,14,20H,1-5H3. The van der Waals surface area contributed by atoms with Crippen molar-refractivity contribution in [2.45, 2.75) is 19.8 Å². The summed E-state index contributed by atoms with van der Waals surface area (Å²) in [6.07, 6.45) is 0. The predicted octanol–water partition coefficient (Wildman–Crippen LogP) is 1.40. The van der Waals surface area contributed by atoms with Gasteiger partial charge in [0.15, 0.2) is 0 Å². The average molecular weight is 355 g/mol. The van der Waals surface area contributed by atoms with Crippen LogP contribution in [0, 0.1) is 6.92 Å². The van der Waals surface area contributed by atoms with Crippen molar-refractivity contribution in [3.63, 3.8) is 0 Å². The topological polar surface area (TPSA) is 82.3 Å². The van der Waals surface area contributed by atoms with E-state index in [2.05, 4.69) is 5.32 Å². The van der Waals surface area contributed by atoms with Crippen molar-refractivity contribution < 1.29 is 9.53 Å². The van der Waals surface area contributed by atoms with Gasteiger partial charge in [0.25, 0.3) is 5.56 Å². The number of allylic oxidation sites excluding steroid dienone is 1. The molecule has 1 unspecified atom stereocenters. The number of methoxy groups -OCH3 is 1. The molecule has 2 heterocycles. The van der Waals surface area contributed by atoms with Crippen LogP contribution in [0.25, 0.3) is 0 Å². The summed E-state index contributed by atoms with van der Waals surface area (Å²) in [5.41, 5.74) is 2.20. The van der Waals surface area contributed by atoms with Gasteiger partial charge in [-0.1, -0.05) is 29.8 Å². The van der Waals surface area contributed by atoms with E-state index < -0.39 is 23.1 Å². The Morgan fingerprint density at radius 2 is 1.85 bits per heavy atom. The van der Waals surface area contributed by atoms with Crippen LogP contribution >= 0.6 is 0 Å². The third kappa shape index (κ3) is 2.56. The summed E-state index contributed by atoms with van der Waals surface area (Å²) in [4.78, 5) is 37.8. The fourth-order valence-corrected chi connectivity index (χ4v) is 3.45. The Balaban J connectivity index is 2.43. The van der Waals surface area contributed by atoms with Crippen LogP contribution in [0.4, 0.5) is 5.82 Å². The van der Waals surface area contributed by atoms with Crippen molar-refractivity contribution >= 4 is 11.8 Å². The van der Waals surface area contributed by atoms with Gasteiger partial charge in [0.05, 0.1) is 24.2 Å². The number of carbonyl (C=O) groups is 1. The third-order valence-corrected chi connectivity index (χ3v) is 4.77. The molecule has 0 fully saturated rings. The van der Waals surface area contributed by atoms with E-state index in [0.29, 0.717) is 22.7 Å². The van der Waals surface area contributed by atoms with Gasteiger partial charge in [0, 0.05) is 19.8 Å². The molecular formula is C19H21N3O4. The zero-order chi connectivity index (χ0) is 19.2. The first kappa shape index (κ1) is 17.7. The molecule has 1 aliphatic heterocycles. The summed E-state index contributed by atoms with van der Waals surface area (Å²) < 4.78 is 7.41. The average Bonchev–Trinajstić information content (AvgIpc) is 2.63. The molecule has 0 aliphatic carbocycles. The Kier molecular flexibility index (Phi) is 4.31. The normalized spacial score (nSPS) is 16.1. The molecule has 1 aromatic heterocycles. The third-order valence-electron chi connectivity index (χ3n) is 4.77. The number of anilines is 1. The van der Waals surface area contributed by atoms with E-state index in [-0.39, 0.29) is 0 Å². The number of esters is 1. The van der Waals surface area contributed by atoms with Crippen LogP contribution in [0.2, 0.25) is 0 Å². The minimum Gasteiger partial charge on any atom is -0.466 e. The molecule has 0 saturated heterocycles. The van der Waals surface area contributed by atoms with Gasteiger partial charge in [-0.05, 0) is 19.4 Å². The van der Waals surface area contributed by atoms with Gasteiger partial charge in [-0.25, -0.2) is 9.59 Å². The largest absolute Gasteiger partial charge is 0.466 e. The second-order valence-corrected chi connectivity index (χ2v) is 6.47. The van der Waals surface area contributed by atoms with Crippen LogP contribution in [0.1, 0.15) is 29.5 Å². The highest BCUT2D eigenvalue weighted by Gasteiger charge is 2.37. The zero-order valence-corrected chi connectivity index (χ0v) is 15.4. The van der Waals surface area contributed by atoms with Crippen LogP contribution in [0.15, 0.2) is 45.1 Å². The summed E-state index contributed by atoms with van der Waals surface area (Å²) in [6, 6.07) is 7.62. The van der Waals surface area contributed by atoms with Crippen LogP contribution in [-0.4, -0.2) is 22.2 Å². The lowest BCUT2D eigenvalue weighted by atomic mass is 9.82. The van der Waals surface area contributed by atoms with Gasteiger partial charge in [0.1, 0.15) is 5.82 Å². The van der Waals surface area contributed by atoms with Gasteiger partial charge in [-0.15, -0.1) is 0 Å². The van der Waals surface area contributed by atoms with E-state index in [1.807, 2.05) is 31.2 Å². The molecular weight excluding hydrogens is 334 g/mol. The molecule has 26 heavy (non-hydrogen) atoms. The number of hydrogen-bond donors (Lipinski definition) is 1. The minimum atomic E-state index is -0.621. The molecule has 136 valence electrons. The first-order chi connectivity index (χ1) is 12.3. The van der Waals surface area contributed by atoms with Gasteiger partial charge in [-0.3, -0.25) is 13.9 Å². The van der Waals surface area contributed by atoms with Crippen molar-refractivity contribution in [3.8, 4) is 0 Å². The highest BCUT2D eigenvalue weighted by molar-refractivity contribution is 5.94. The number of rotatable bonds is 2. The first-order valence-corrected chi connectivity index (χ1v) is 8.20. The number of benzene rings is 1. The lowest BCUT2D eigenvalue weighted by Gasteiger charge is -2.30. The molecule has 0 radical (unpaired) electrons. The van der Waals surface area contributed by atoms with E-state index in [0.717, 1.165) is 15.7 Å². The van der Waals surface area contributed by atoms with E-state index in [1.54, 1.807) is 14.0 Å². The maximum atomic E-state index is 13.0. The van der Waals surface area contributed by atoms with Crippen LogP contribution in [-0.2, 0) is 23.6 Å². The van der Waals surface area contributed by atoms with Crippen molar-refractivity contribution in [1.29, 1.82) is 0 Å². The van der Waals surface area contributed by atoms with Gasteiger partial charge in [-0.2, -0.15) is 0 Å². The molecule has 0 spiro atoms. The molecule has 0 bridgehead atoms. The van der Waals surface area contributed by atoms with Crippen molar-refractivity contribution in [2.24, 2.45) is 14.1 Å². The van der Waals surface area contributed by atoms with Crippen molar-refractivity contribution in [3.05, 3.63) is 73.1 Å². The van der Waals surface area contributed by atoms with Crippen LogP contribution in [0.5, 0.6) is 0 Å². The molecule has 1 atom stereocenters. The molecule has 1 N–H and O–H groups in total. The Morgan fingerprint density at radius 1 is 1.15 bits per heavy atom. The van der Waals surface area contributed by atoms with Crippen LogP contribution in [0.3, 0.4) is 0 Å². The predicted molar refractivity (Wildman–Crippen MR) is 98.3 cm³/mol. The fourth-order valence-electron chi connectivity index (χ4n) is 3.45. The summed E-state index contributed by atoms with van der Waals surface area (Å²) >= 11 is 0. The summed E-state index contributed by atoms with van der Waals surface area (Å²) in [7, 11) is 4.34. The van der Waals surface area contributed by atoms with E-state index in [4.69, 9.17) is 4.74 Å². The van der Waals surface area contributed by atoms with Crippen molar-refractivity contribution in [1.82, 2.24) is 9.13 Å². The Labute approximate surface area is 150 Å². The fraction of sp³-hybridized carbons (Fsp3) is 0.316. The second-order valence-electron chi connectivity index (χ2n) is 6.47. The number of carbonyl (C=O) groups excluding carboxylic acids is 1. The number of aromatic nitrogens is 2. The zero-order valence-electron chi connectivity index (χ0n) is 15.4. The highest BCUT2D eigenvalue weighted by atomic mass is 16.5. The summed E-state index contributed by atoms with van der Waals surface area (Å²) in [6.45, 7) is 3.68.